The topological polar surface area (TPSA) is 80.2 Å². The van der Waals surface area contributed by atoms with Crippen molar-refractivity contribution in [3.05, 3.63) is 63.0 Å². The number of halogens is 9. The average Bonchev–Trinajstić information content (AvgIpc) is 2.63. The molecule has 0 unspecified atom stereocenters. The van der Waals surface area contributed by atoms with Crippen LogP contribution in [0.4, 0.5) is 39.5 Å². The molecule has 1 heterocycles. The van der Waals surface area contributed by atoms with Crippen molar-refractivity contribution in [3.63, 3.8) is 0 Å². The molecule has 0 saturated heterocycles. The van der Waals surface area contributed by atoms with Crippen molar-refractivity contribution < 1.29 is 39.5 Å². The third kappa shape index (κ3) is 5.24. The highest BCUT2D eigenvalue weighted by atomic mass is 19.4. The van der Waals surface area contributed by atoms with Gasteiger partial charge in [-0.25, -0.2) is 4.99 Å². The van der Waals surface area contributed by atoms with Crippen LogP contribution in [0.3, 0.4) is 0 Å². The summed E-state index contributed by atoms with van der Waals surface area (Å²) < 4.78 is 116. The van der Waals surface area contributed by atoms with Gasteiger partial charge in [0.15, 0.2) is 0 Å². The predicted octanol–water partition coefficient (Wildman–Crippen LogP) is 4.98. The van der Waals surface area contributed by atoms with Crippen LogP contribution < -0.4 is 5.73 Å². The van der Waals surface area contributed by atoms with Gasteiger partial charge in [-0.2, -0.15) is 39.5 Å². The van der Waals surface area contributed by atoms with E-state index < -0.39 is 64.6 Å². The Bertz CT molecular complexity index is 966. The highest BCUT2D eigenvalue weighted by Gasteiger charge is 2.39. The third-order valence-electron chi connectivity index (χ3n) is 3.65. The van der Waals surface area contributed by atoms with E-state index in [1.807, 2.05) is 0 Å². The number of allylic oxidation sites excluding steroid dienone is 3. The summed E-state index contributed by atoms with van der Waals surface area (Å²) in [7, 11) is 0. The maximum Gasteiger partial charge on any atom is 0.430 e. The lowest BCUT2D eigenvalue weighted by Gasteiger charge is -2.18. The first-order chi connectivity index (χ1) is 13.6. The van der Waals surface area contributed by atoms with Gasteiger partial charge in [-0.15, -0.1) is 4.91 Å². The first-order valence-corrected chi connectivity index (χ1v) is 7.62. The summed E-state index contributed by atoms with van der Waals surface area (Å²) in [4.78, 5) is 18.1. The third-order valence-corrected chi connectivity index (χ3v) is 3.65. The van der Waals surface area contributed by atoms with Gasteiger partial charge in [0, 0.05) is 11.8 Å². The fourth-order valence-corrected chi connectivity index (χ4v) is 2.28. The number of rotatable bonds is 3. The molecule has 0 fully saturated rings. The average molecular weight is 444 g/mol. The Kier molecular flexibility index (Phi) is 6.09. The number of nitrogens with two attached hydrogens (primary N) is 1. The van der Waals surface area contributed by atoms with Crippen molar-refractivity contribution in [2.75, 3.05) is 6.54 Å². The van der Waals surface area contributed by atoms with Crippen LogP contribution in [0, 0.1) is 4.91 Å². The summed E-state index contributed by atoms with van der Waals surface area (Å²) in [5.41, 5.74) is -3.15. The van der Waals surface area contributed by atoms with E-state index >= 15 is 0 Å². The van der Waals surface area contributed by atoms with Gasteiger partial charge >= 0.3 is 18.5 Å². The molecule has 0 radical (unpaired) electrons. The lowest BCUT2D eigenvalue weighted by Crippen LogP contribution is -2.20. The van der Waals surface area contributed by atoms with Crippen molar-refractivity contribution in [3.8, 4) is 0 Å². The molecule has 0 aliphatic carbocycles. The molecule has 0 saturated carbocycles. The number of nitroso groups, excluding NO2 is 1. The number of benzene rings is 1. The van der Waals surface area contributed by atoms with E-state index in [2.05, 4.69) is 15.2 Å². The van der Waals surface area contributed by atoms with Gasteiger partial charge in [0.1, 0.15) is 17.1 Å². The van der Waals surface area contributed by atoms with E-state index in [1.54, 1.807) is 0 Å². The van der Waals surface area contributed by atoms with E-state index in [9.17, 15) is 44.4 Å². The fraction of sp³-hybridized carbons (Fsp3) is 0.250. The fourth-order valence-electron chi connectivity index (χ4n) is 2.28. The Morgan fingerprint density at radius 2 is 1.67 bits per heavy atom. The molecule has 162 valence electrons. The zero-order valence-electron chi connectivity index (χ0n) is 14.3. The van der Waals surface area contributed by atoms with Gasteiger partial charge in [0.05, 0.1) is 23.4 Å². The van der Waals surface area contributed by atoms with Gasteiger partial charge in [-0.3, -0.25) is 4.99 Å². The summed E-state index contributed by atoms with van der Waals surface area (Å²) >= 11 is 0. The number of hydrogen-bond donors (Lipinski definition) is 1. The summed E-state index contributed by atoms with van der Waals surface area (Å²) in [6.45, 7) is -0.539. The van der Waals surface area contributed by atoms with Gasteiger partial charge in [0.2, 0.25) is 0 Å². The van der Waals surface area contributed by atoms with Crippen LogP contribution >= 0.6 is 0 Å². The number of hydrogen-bond acceptors (Lipinski definition) is 5. The minimum absolute atomic E-state index is 0.109. The molecule has 0 bridgehead atoms. The van der Waals surface area contributed by atoms with Crippen LogP contribution in [0.2, 0.25) is 0 Å². The lowest BCUT2D eigenvalue weighted by molar-refractivity contribution is -0.143. The molecule has 0 spiro atoms. The molecule has 2 N–H and O–H groups in total. The number of alkyl halides is 9. The molecule has 30 heavy (non-hydrogen) atoms. The molecule has 0 amide bonds. The summed E-state index contributed by atoms with van der Waals surface area (Å²) in [6.07, 6.45) is -14.4. The van der Waals surface area contributed by atoms with E-state index in [0.29, 0.717) is 12.1 Å². The maximum absolute atomic E-state index is 13.3. The summed E-state index contributed by atoms with van der Waals surface area (Å²) in [5, 5.41) is 2.31. The smallest absolute Gasteiger partial charge is 0.395 e. The molecule has 1 aliphatic rings. The van der Waals surface area contributed by atoms with Crippen LogP contribution in [0.25, 0.3) is 0 Å². The van der Waals surface area contributed by atoms with Crippen LogP contribution in [-0.2, 0) is 12.4 Å². The second-order valence-corrected chi connectivity index (χ2v) is 5.74. The molecule has 14 heteroatoms. The lowest BCUT2D eigenvalue weighted by atomic mass is 9.98. The Labute approximate surface area is 161 Å². The second-order valence-electron chi connectivity index (χ2n) is 5.74. The largest absolute Gasteiger partial charge is 0.430 e. The van der Waals surface area contributed by atoms with Crippen molar-refractivity contribution in [1.82, 2.24) is 0 Å². The van der Waals surface area contributed by atoms with Crippen molar-refractivity contribution in [2.24, 2.45) is 20.9 Å². The second kappa shape index (κ2) is 7.91. The summed E-state index contributed by atoms with van der Waals surface area (Å²) in [6, 6.07) is 0.770. The standard InChI is InChI=1S/C16H9F9N4O/c17-14(18,19)7-1-2-8(9(3-7)15(20,21)22)11-5-27-6-12(28-11)10(29-30)4-13(26)16(23,24)25/h1-4,6H,5,26H2. The molecule has 1 aliphatic heterocycles. The first kappa shape index (κ1) is 23.1. The minimum atomic E-state index is -5.21. The molecule has 1 aromatic rings. The molecule has 2 rings (SSSR count). The van der Waals surface area contributed by atoms with Gasteiger partial charge in [-0.1, -0.05) is 6.07 Å². The molecule has 0 atom stereocenters. The SMILES string of the molecule is NC(=CC(N=O)=C1C=NCC(c2ccc(C(F)(F)F)cc2C(F)(F)F)=N1)C(F)(F)F. The number of aliphatic imine (C=N–C) groups is 2. The van der Waals surface area contributed by atoms with Gasteiger partial charge in [0.25, 0.3) is 0 Å². The highest BCUT2D eigenvalue weighted by Crippen LogP contribution is 2.38. The quantitative estimate of drug-likeness (QED) is 0.527. The van der Waals surface area contributed by atoms with Crippen LogP contribution in [0.5, 0.6) is 0 Å². The number of nitrogens with zero attached hydrogens (tertiary/aromatic N) is 3. The zero-order chi connectivity index (χ0) is 22.9. The first-order valence-electron chi connectivity index (χ1n) is 7.62. The Morgan fingerprint density at radius 3 is 2.17 bits per heavy atom. The van der Waals surface area contributed by atoms with Gasteiger partial charge < -0.3 is 5.73 Å². The maximum atomic E-state index is 13.3. The van der Waals surface area contributed by atoms with Crippen LogP contribution in [0.1, 0.15) is 16.7 Å². The molecule has 5 nitrogen and oxygen atoms in total. The van der Waals surface area contributed by atoms with Crippen LogP contribution in [0.15, 0.2) is 56.5 Å². The highest BCUT2D eigenvalue weighted by molar-refractivity contribution is 6.08. The Balaban J connectivity index is 2.65. The molecular weight excluding hydrogens is 435 g/mol. The normalized spacial score (nSPS) is 17.6. The Hall–Kier alpha value is -3.19. The monoisotopic (exact) mass is 444 g/mol. The van der Waals surface area contributed by atoms with Gasteiger partial charge in [-0.05, 0) is 23.4 Å². The van der Waals surface area contributed by atoms with E-state index in [-0.39, 0.29) is 12.1 Å². The van der Waals surface area contributed by atoms with E-state index in [1.165, 1.54) is 0 Å². The van der Waals surface area contributed by atoms with E-state index in [0.717, 1.165) is 6.21 Å². The molecule has 1 aromatic carbocycles. The summed E-state index contributed by atoms with van der Waals surface area (Å²) in [5.74, 6) is 0. The van der Waals surface area contributed by atoms with Crippen LogP contribution in [-0.4, -0.2) is 24.6 Å². The van der Waals surface area contributed by atoms with Crippen molar-refractivity contribution in [2.45, 2.75) is 18.5 Å². The van der Waals surface area contributed by atoms with E-state index in [4.69, 9.17) is 5.73 Å². The molecule has 0 aromatic heterocycles. The minimum Gasteiger partial charge on any atom is -0.395 e. The Morgan fingerprint density at radius 1 is 1.03 bits per heavy atom. The van der Waals surface area contributed by atoms with Crippen molar-refractivity contribution in [1.29, 1.82) is 0 Å². The predicted molar refractivity (Wildman–Crippen MR) is 87.5 cm³/mol. The molecular formula is C16H9F9N4O. The zero-order valence-corrected chi connectivity index (χ0v) is 14.3. The van der Waals surface area contributed by atoms with Crippen molar-refractivity contribution >= 4 is 11.9 Å².